The summed E-state index contributed by atoms with van der Waals surface area (Å²) in [7, 11) is 0. The first-order chi connectivity index (χ1) is 8.02. The smallest absolute Gasteiger partial charge is 0.320 e. The molecule has 0 saturated carbocycles. The summed E-state index contributed by atoms with van der Waals surface area (Å²) in [5, 5.41) is 17.6. The predicted octanol–water partition coefficient (Wildman–Crippen LogP) is -0.846. The van der Waals surface area contributed by atoms with Gasteiger partial charge in [0.25, 0.3) is 0 Å². The van der Waals surface area contributed by atoms with Gasteiger partial charge in [0.05, 0.1) is 13.1 Å². The maximum Gasteiger partial charge on any atom is 0.320 e. The van der Waals surface area contributed by atoms with Crippen LogP contribution in [0.5, 0.6) is 0 Å². The second-order valence-electron chi connectivity index (χ2n) is 3.63. The van der Waals surface area contributed by atoms with Crippen LogP contribution in [-0.2, 0) is 14.4 Å². The third kappa shape index (κ3) is 6.64. The molecule has 0 fully saturated rings. The van der Waals surface area contributed by atoms with Gasteiger partial charge in [0.15, 0.2) is 0 Å². The fourth-order valence-electron chi connectivity index (χ4n) is 1.52. The molecule has 0 aliphatic carbocycles. The van der Waals surface area contributed by atoms with Gasteiger partial charge in [-0.25, -0.2) is 0 Å². The lowest BCUT2D eigenvalue weighted by Gasteiger charge is -2.25. The molecule has 0 aliphatic heterocycles. The third-order valence-electron chi connectivity index (χ3n) is 2.30. The number of carboxylic acids is 2. The Labute approximate surface area is 99.2 Å². The largest absolute Gasteiger partial charge is 0.480 e. The first-order valence-corrected chi connectivity index (χ1v) is 5.35. The molecule has 17 heavy (non-hydrogen) atoms. The van der Waals surface area contributed by atoms with E-state index in [9.17, 15) is 14.4 Å². The molecule has 7 heteroatoms. The molecule has 0 radical (unpaired) electrons. The monoisotopic (exact) mass is 246 g/mol. The molecule has 0 rings (SSSR count). The number of unbranched alkanes of at least 4 members (excludes halogenated alkanes) is 1. The highest BCUT2D eigenvalue weighted by Gasteiger charge is 2.26. The Morgan fingerprint density at radius 3 is 2.35 bits per heavy atom. The number of carboxylic acid groups (broad SMARTS) is 2. The molecule has 4 N–H and O–H groups in total. The lowest BCUT2D eigenvalue weighted by Crippen LogP contribution is -2.45. The summed E-state index contributed by atoms with van der Waals surface area (Å²) >= 11 is 0. The van der Waals surface area contributed by atoms with Gasteiger partial charge in [-0.1, -0.05) is 6.42 Å². The quantitative estimate of drug-likeness (QED) is 0.339. The molecule has 0 heterocycles. The maximum absolute atomic E-state index is 11.0. The summed E-state index contributed by atoms with van der Waals surface area (Å²) in [5.74, 6) is -2.28. The molecule has 0 aromatic heterocycles. The van der Waals surface area contributed by atoms with Crippen LogP contribution < -0.4 is 5.73 Å². The van der Waals surface area contributed by atoms with E-state index in [0.717, 1.165) is 4.90 Å². The van der Waals surface area contributed by atoms with E-state index in [-0.39, 0.29) is 13.0 Å². The fourth-order valence-corrected chi connectivity index (χ4v) is 1.52. The summed E-state index contributed by atoms with van der Waals surface area (Å²) < 4.78 is 0. The van der Waals surface area contributed by atoms with Gasteiger partial charge in [0, 0.05) is 0 Å². The summed E-state index contributed by atoms with van der Waals surface area (Å²) in [6, 6.07) is -0.956. The highest BCUT2D eigenvalue weighted by atomic mass is 16.4. The Morgan fingerprint density at radius 2 is 1.94 bits per heavy atom. The molecule has 0 saturated heterocycles. The average molecular weight is 246 g/mol. The summed E-state index contributed by atoms with van der Waals surface area (Å²) in [4.78, 5) is 33.1. The Hall–Kier alpha value is -1.47. The molecule has 0 spiro atoms. The van der Waals surface area contributed by atoms with Gasteiger partial charge < -0.3 is 20.7 Å². The van der Waals surface area contributed by atoms with E-state index in [2.05, 4.69) is 0 Å². The van der Waals surface area contributed by atoms with Crippen molar-refractivity contribution in [2.45, 2.75) is 25.3 Å². The Bertz CT molecular complexity index is 269. The van der Waals surface area contributed by atoms with E-state index < -0.39 is 24.5 Å². The normalized spacial score (nSPS) is 12.4. The molecule has 0 amide bonds. The van der Waals surface area contributed by atoms with Gasteiger partial charge in [-0.2, -0.15) is 0 Å². The van der Waals surface area contributed by atoms with Gasteiger partial charge in [-0.15, -0.1) is 0 Å². The number of carbonyl (C=O) groups is 3. The number of hydrogen-bond acceptors (Lipinski definition) is 5. The molecule has 0 aromatic carbocycles. The Morgan fingerprint density at radius 1 is 1.29 bits per heavy atom. The van der Waals surface area contributed by atoms with Crippen molar-refractivity contribution in [3.63, 3.8) is 0 Å². The second kappa shape index (κ2) is 8.66. The first kappa shape index (κ1) is 15.5. The fraction of sp³-hybridized carbons (Fsp3) is 0.700. The Balaban J connectivity index is 4.51. The van der Waals surface area contributed by atoms with Crippen LogP contribution >= 0.6 is 0 Å². The first-order valence-electron chi connectivity index (χ1n) is 5.35. The van der Waals surface area contributed by atoms with Gasteiger partial charge >= 0.3 is 11.9 Å². The number of carbonyl (C=O) groups excluding carboxylic acids is 1. The van der Waals surface area contributed by atoms with Crippen LogP contribution in [0.15, 0.2) is 0 Å². The number of rotatable bonds is 10. The van der Waals surface area contributed by atoms with Crippen molar-refractivity contribution >= 4 is 18.2 Å². The van der Waals surface area contributed by atoms with Crippen LogP contribution in [0, 0.1) is 0 Å². The zero-order chi connectivity index (χ0) is 13.3. The van der Waals surface area contributed by atoms with Crippen LogP contribution in [0.2, 0.25) is 0 Å². The standard InChI is InChI=1S/C10H18N2O5/c11-4-2-1-3-8(10(16)17)12(5-6-13)7-9(14)15/h6,8H,1-5,7,11H2,(H,14,15)(H,16,17)/t8-/m0/s1. The number of nitrogens with zero attached hydrogens (tertiary/aromatic N) is 1. The van der Waals surface area contributed by atoms with Crippen molar-refractivity contribution in [1.82, 2.24) is 4.90 Å². The number of aliphatic carboxylic acids is 2. The molecular weight excluding hydrogens is 228 g/mol. The van der Waals surface area contributed by atoms with E-state index in [4.69, 9.17) is 15.9 Å². The van der Waals surface area contributed by atoms with Crippen LogP contribution in [0.4, 0.5) is 0 Å². The van der Waals surface area contributed by atoms with Crippen molar-refractivity contribution in [3.8, 4) is 0 Å². The third-order valence-corrected chi connectivity index (χ3v) is 2.30. The number of hydrogen-bond donors (Lipinski definition) is 3. The van der Waals surface area contributed by atoms with Gasteiger partial charge in [0.1, 0.15) is 12.3 Å². The molecular formula is C10H18N2O5. The maximum atomic E-state index is 11.0. The minimum absolute atomic E-state index is 0.202. The molecule has 0 aliphatic rings. The zero-order valence-electron chi connectivity index (χ0n) is 9.54. The van der Waals surface area contributed by atoms with Crippen LogP contribution in [0.25, 0.3) is 0 Å². The van der Waals surface area contributed by atoms with Crippen molar-refractivity contribution < 1.29 is 24.6 Å². The SMILES string of the molecule is NCCCC[C@@H](C(=O)O)N(CC=O)CC(=O)O. The molecule has 98 valence electrons. The highest BCUT2D eigenvalue weighted by Crippen LogP contribution is 2.08. The lowest BCUT2D eigenvalue weighted by atomic mass is 10.1. The lowest BCUT2D eigenvalue weighted by molar-refractivity contribution is -0.146. The Kier molecular flexibility index (Phi) is 7.91. The number of aldehydes is 1. The van der Waals surface area contributed by atoms with Gasteiger partial charge in [0.2, 0.25) is 0 Å². The highest BCUT2D eigenvalue weighted by molar-refractivity contribution is 5.76. The minimum atomic E-state index is -1.16. The summed E-state index contributed by atoms with van der Waals surface area (Å²) in [6.07, 6.45) is 2.05. The second-order valence-corrected chi connectivity index (χ2v) is 3.63. The number of nitrogens with two attached hydrogens (primary N) is 1. The van der Waals surface area contributed by atoms with Crippen molar-refractivity contribution in [2.24, 2.45) is 5.73 Å². The van der Waals surface area contributed by atoms with E-state index in [1.165, 1.54) is 0 Å². The average Bonchev–Trinajstić information content (AvgIpc) is 2.23. The van der Waals surface area contributed by atoms with E-state index in [0.29, 0.717) is 25.7 Å². The van der Waals surface area contributed by atoms with Crippen molar-refractivity contribution in [2.75, 3.05) is 19.6 Å². The molecule has 1 atom stereocenters. The van der Waals surface area contributed by atoms with E-state index in [1.807, 2.05) is 0 Å². The zero-order valence-corrected chi connectivity index (χ0v) is 9.54. The predicted molar refractivity (Wildman–Crippen MR) is 59.6 cm³/mol. The van der Waals surface area contributed by atoms with Crippen molar-refractivity contribution in [1.29, 1.82) is 0 Å². The van der Waals surface area contributed by atoms with Gasteiger partial charge in [-0.05, 0) is 19.4 Å². The molecule has 0 unspecified atom stereocenters. The minimum Gasteiger partial charge on any atom is -0.480 e. The van der Waals surface area contributed by atoms with E-state index >= 15 is 0 Å². The molecule has 7 nitrogen and oxygen atoms in total. The van der Waals surface area contributed by atoms with Crippen molar-refractivity contribution in [3.05, 3.63) is 0 Å². The summed E-state index contributed by atoms with van der Waals surface area (Å²) in [5.41, 5.74) is 5.30. The van der Waals surface area contributed by atoms with Crippen LogP contribution in [-0.4, -0.2) is 59.0 Å². The van der Waals surface area contributed by atoms with E-state index in [1.54, 1.807) is 0 Å². The topological polar surface area (TPSA) is 121 Å². The van der Waals surface area contributed by atoms with Crippen LogP contribution in [0.3, 0.4) is 0 Å². The molecule has 0 bridgehead atoms. The summed E-state index contributed by atoms with van der Waals surface area (Å²) in [6.45, 7) is -0.205. The van der Waals surface area contributed by atoms with Gasteiger partial charge in [-0.3, -0.25) is 14.5 Å². The molecule has 0 aromatic rings. The van der Waals surface area contributed by atoms with Crippen LogP contribution in [0.1, 0.15) is 19.3 Å².